The number of sulfonamides is 1. The van der Waals surface area contributed by atoms with E-state index in [1.54, 1.807) is 60.7 Å². The average molecular weight is 721 g/mol. The van der Waals surface area contributed by atoms with E-state index in [0.29, 0.717) is 33.9 Å². The lowest BCUT2D eigenvalue weighted by Crippen LogP contribution is -2.53. The third-order valence-electron chi connectivity index (χ3n) is 7.55. The molecule has 4 aromatic rings. The molecule has 1 N–H and O–H groups in total. The molecule has 1 unspecified atom stereocenters. The molecule has 0 fully saturated rings. The number of carbonyl (C=O) groups excluding carboxylic acids is 2. The Balaban J connectivity index is 1.85. The summed E-state index contributed by atoms with van der Waals surface area (Å²) in [4.78, 5) is 29.3. The first kappa shape index (κ1) is 36.8. The van der Waals surface area contributed by atoms with Crippen LogP contribution in [0, 0.1) is 0 Å². The Morgan fingerprint density at radius 3 is 2.10 bits per heavy atom. The van der Waals surface area contributed by atoms with Gasteiger partial charge in [0.1, 0.15) is 12.6 Å². The van der Waals surface area contributed by atoms with Gasteiger partial charge in [0, 0.05) is 24.5 Å². The van der Waals surface area contributed by atoms with E-state index in [9.17, 15) is 31.2 Å². The van der Waals surface area contributed by atoms with Crippen molar-refractivity contribution in [3.8, 4) is 0 Å². The monoisotopic (exact) mass is 719 g/mol. The number of unbranched alkanes of at least 4 members (excludes halogenated alkanes) is 1. The maximum absolute atomic E-state index is 14.5. The second-order valence-electron chi connectivity index (χ2n) is 10.9. The molecule has 0 aliphatic rings. The molecule has 0 radical (unpaired) electrons. The Kier molecular flexibility index (Phi) is 12.5. The summed E-state index contributed by atoms with van der Waals surface area (Å²) in [6.07, 6.45) is -3.35. The lowest BCUT2D eigenvalue weighted by Gasteiger charge is -2.34. The van der Waals surface area contributed by atoms with E-state index < -0.39 is 56.9 Å². The van der Waals surface area contributed by atoms with Gasteiger partial charge in [0.15, 0.2) is 0 Å². The maximum Gasteiger partial charge on any atom is 0.417 e. The van der Waals surface area contributed by atoms with Crippen LogP contribution in [0.25, 0.3) is 0 Å². The van der Waals surface area contributed by atoms with Crippen LogP contribution in [-0.2, 0) is 38.8 Å². The second kappa shape index (κ2) is 16.4. The Bertz CT molecular complexity index is 1810. The molecule has 7 nitrogen and oxygen atoms in total. The molecule has 0 bridgehead atoms. The van der Waals surface area contributed by atoms with E-state index >= 15 is 0 Å². The Morgan fingerprint density at radius 1 is 0.854 bits per heavy atom. The van der Waals surface area contributed by atoms with E-state index in [4.69, 9.17) is 23.2 Å². The van der Waals surface area contributed by atoms with Gasteiger partial charge >= 0.3 is 6.18 Å². The smallest absolute Gasteiger partial charge is 0.354 e. The van der Waals surface area contributed by atoms with E-state index in [1.807, 2.05) is 6.92 Å². The first-order valence-corrected chi connectivity index (χ1v) is 17.3. The number of nitrogens with one attached hydrogen (secondary N) is 1. The molecule has 2 amide bonds. The molecule has 0 saturated heterocycles. The lowest BCUT2D eigenvalue weighted by atomic mass is 10.0. The van der Waals surface area contributed by atoms with Crippen molar-refractivity contribution in [2.45, 2.75) is 49.8 Å². The number of nitrogens with zero attached hydrogens (tertiary/aromatic N) is 2. The zero-order valence-electron chi connectivity index (χ0n) is 26.0. The number of halogens is 5. The molecule has 13 heteroatoms. The fourth-order valence-corrected chi connectivity index (χ4v) is 6.85. The lowest BCUT2D eigenvalue weighted by molar-refractivity contribution is -0.140. The summed E-state index contributed by atoms with van der Waals surface area (Å²) in [5.74, 6) is -1.32. The van der Waals surface area contributed by atoms with Crippen molar-refractivity contribution in [3.05, 3.63) is 130 Å². The summed E-state index contributed by atoms with van der Waals surface area (Å²) in [5, 5.41) is 2.54. The number of rotatable bonds is 14. The number of anilines is 1. The minimum absolute atomic E-state index is 0.0690. The fourth-order valence-electron chi connectivity index (χ4n) is 5.00. The van der Waals surface area contributed by atoms with Crippen molar-refractivity contribution in [1.82, 2.24) is 10.2 Å². The molecule has 0 aliphatic heterocycles. The zero-order valence-corrected chi connectivity index (χ0v) is 28.3. The van der Waals surface area contributed by atoms with Crippen LogP contribution in [0.5, 0.6) is 0 Å². The van der Waals surface area contributed by atoms with Crippen LogP contribution in [0.1, 0.15) is 36.5 Å². The van der Waals surface area contributed by atoms with E-state index in [-0.39, 0.29) is 17.9 Å². The summed E-state index contributed by atoms with van der Waals surface area (Å²) in [5.41, 5.74) is -0.497. The molecular weight excluding hydrogens is 686 g/mol. The van der Waals surface area contributed by atoms with E-state index in [0.717, 1.165) is 24.1 Å². The van der Waals surface area contributed by atoms with Crippen LogP contribution in [0.15, 0.2) is 108 Å². The number of carbonyl (C=O) groups is 2. The largest absolute Gasteiger partial charge is 0.417 e. The second-order valence-corrected chi connectivity index (χ2v) is 13.6. The van der Waals surface area contributed by atoms with Crippen LogP contribution < -0.4 is 9.62 Å². The standard InChI is InChI=1S/C35H34Cl2F3N3O4S/c1-2-3-20-41-34(45)32(21-25-12-6-4-7-13-25)42(23-26-14-10-11-17-30(26)36)33(44)24-43(48(46,47)28-15-8-5-9-16-28)27-18-19-31(37)29(22-27)35(38,39)40/h4-19,22,32H,2-3,20-21,23-24H2,1H3,(H,41,45). The number of amides is 2. The molecule has 0 saturated carbocycles. The molecule has 0 heterocycles. The predicted molar refractivity (Wildman–Crippen MR) is 181 cm³/mol. The summed E-state index contributed by atoms with van der Waals surface area (Å²) < 4.78 is 70.5. The van der Waals surface area contributed by atoms with Crippen molar-refractivity contribution < 1.29 is 31.2 Å². The van der Waals surface area contributed by atoms with Crippen LogP contribution in [-0.4, -0.2) is 44.3 Å². The van der Waals surface area contributed by atoms with Gasteiger partial charge in [-0.15, -0.1) is 0 Å². The number of alkyl halides is 3. The average Bonchev–Trinajstić information content (AvgIpc) is 3.06. The van der Waals surface area contributed by atoms with Crippen molar-refractivity contribution in [2.24, 2.45) is 0 Å². The van der Waals surface area contributed by atoms with Crippen LogP contribution in [0.2, 0.25) is 10.0 Å². The fraction of sp³-hybridized carbons (Fsp3) is 0.257. The summed E-state index contributed by atoms with van der Waals surface area (Å²) in [6.45, 7) is 1.18. The molecule has 254 valence electrons. The highest BCUT2D eigenvalue weighted by Crippen LogP contribution is 2.38. The highest BCUT2D eigenvalue weighted by atomic mass is 35.5. The maximum atomic E-state index is 14.5. The van der Waals surface area contributed by atoms with Crippen molar-refractivity contribution in [2.75, 3.05) is 17.4 Å². The summed E-state index contributed by atoms with van der Waals surface area (Å²) in [6, 6.07) is 24.2. The number of hydrogen-bond donors (Lipinski definition) is 1. The quantitative estimate of drug-likeness (QED) is 0.135. The number of hydrogen-bond acceptors (Lipinski definition) is 4. The number of benzene rings is 4. The zero-order chi connectivity index (χ0) is 34.9. The minimum Gasteiger partial charge on any atom is -0.354 e. The Labute approximate surface area is 288 Å². The van der Waals surface area contributed by atoms with Crippen LogP contribution in [0.4, 0.5) is 18.9 Å². The van der Waals surface area contributed by atoms with Gasteiger partial charge in [-0.1, -0.05) is 103 Å². The van der Waals surface area contributed by atoms with Crippen molar-refractivity contribution >= 4 is 50.7 Å². The van der Waals surface area contributed by atoms with Gasteiger partial charge in [-0.25, -0.2) is 8.42 Å². The summed E-state index contributed by atoms with van der Waals surface area (Å²) >= 11 is 12.3. The van der Waals surface area contributed by atoms with Crippen molar-refractivity contribution in [1.29, 1.82) is 0 Å². The van der Waals surface area contributed by atoms with Crippen molar-refractivity contribution in [3.63, 3.8) is 0 Å². The van der Waals surface area contributed by atoms with E-state index in [2.05, 4.69) is 5.32 Å². The van der Waals surface area contributed by atoms with Gasteiger partial charge in [0.2, 0.25) is 11.8 Å². The predicted octanol–water partition coefficient (Wildman–Crippen LogP) is 7.76. The van der Waals surface area contributed by atoms with Crippen LogP contribution in [0.3, 0.4) is 0 Å². The normalized spacial score (nSPS) is 12.3. The molecule has 4 rings (SSSR count). The topological polar surface area (TPSA) is 86.8 Å². The molecule has 0 spiro atoms. The molecule has 48 heavy (non-hydrogen) atoms. The third kappa shape index (κ3) is 9.30. The Hall–Kier alpha value is -4.06. The van der Waals surface area contributed by atoms with Gasteiger partial charge in [0.05, 0.1) is 21.2 Å². The minimum atomic E-state index is -4.91. The molecule has 0 aromatic heterocycles. The third-order valence-corrected chi connectivity index (χ3v) is 10.0. The Morgan fingerprint density at radius 2 is 1.48 bits per heavy atom. The van der Waals surface area contributed by atoms with Gasteiger partial charge in [0.25, 0.3) is 10.0 Å². The summed E-state index contributed by atoms with van der Waals surface area (Å²) in [7, 11) is -4.61. The molecule has 4 aromatic carbocycles. The molecule has 1 atom stereocenters. The SMILES string of the molecule is CCCCNC(=O)C(Cc1ccccc1)N(Cc1ccccc1Cl)C(=O)CN(c1ccc(Cl)c(C(F)(F)F)c1)S(=O)(=O)c1ccccc1. The highest BCUT2D eigenvalue weighted by molar-refractivity contribution is 7.92. The van der Waals surface area contributed by atoms with E-state index in [1.165, 1.54) is 29.2 Å². The highest BCUT2D eigenvalue weighted by Gasteiger charge is 2.37. The van der Waals surface area contributed by atoms with Gasteiger partial charge < -0.3 is 10.2 Å². The van der Waals surface area contributed by atoms with Gasteiger partial charge in [-0.3, -0.25) is 13.9 Å². The first-order valence-electron chi connectivity index (χ1n) is 15.1. The first-order chi connectivity index (χ1) is 22.8. The van der Waals surface area contributed by atoms with Crippen LogP contribution >= 0.6 is 23.2 Å². The van der Waals surface area contributed by atoms with Gasteiger partial charge in [-0.05, 0) is 53.9 Å². The molecular formula is C35H34Cl2F3N3O4S. The van der Waals surface area contributed by atoms with Gasteiger partial charge in [-0.2, -0.15) is 13.2 Å². The molecule has 0 aliphatic carbocycles.